The van der Waals surface area contributed by atoms with E-state index in [4.69, 9.17) is 5.84 Å². The third-order valence-corrected chi connectivity index (χ3v) is 0.940. The van der Waals surface area contributed by atoms with Crippen molar-refractivity contribution in [3.8, 4) is 0 Å². The van der Waals surface area contributed by atoms with E-state index in [1.807, 2.05) is 30.3 Å². The maximum atomic E-state index is 5.10. The Bertz CT molecular complexity index is 152. The molecule has 0 fully saturated rings. The molecule has 0 saturated heterocycles. The molecule has 3 N–H and O–H groups in total. The van der Waals surface area contributed by atoms with Gasteiger partial charge in [-0.1, -0.05) is 18.2 Å². The molecular weight excluding hydrogens is 123 g/mol. The number of nitrogens with one attached hydrogen (secondary N) is 1. The molecule has 2 nitrogen and oxygen atoms in total. The molecular formula is C6H9N2Na. The van der Waals surface area contributed by atoms with Crippen molar-refractivity contribution < 1.29 is 0 Å². The van der Waals surface area contributed by atoms with Gasteiger partial charge in [0.25, 0.3) is 0 Å². The van der Waals surface area contributed by atoms with Crippen LogP contribution in [0.2, 0.25) is 0 Å². The van der Waals surface area contributed by atoms with E-state index in [-0.39, 0.29) is 29.6 Å². The maximum absolute atomic E-state index is 5.10. The Balaban J connectivity index is 0.000000640. The molecule has 0 bridgehead atoms. The Hall–Kier alpha value is -0.0200. The van der Waals surface area contributed by atoms with E-state index in [0.717, 1.165) is 5.69 Å². The first-order valence-electron chi connectivity index (χ1n) is 2.45. The van der Waals surface area contributed by atoms with E-state index >= 15 is 0 Å². The van der Waals surface area contributed by atoms with Crippen molar-refractivity contribution in [2.75, 3.05) is 5.43 Å². The molecule has 0 amide bonds. The van der Waals surface area contributed by atoms with Gasteiger partial charge in [-0.05, 0) is 12.1 Å². The van der Waals surface area contributed by atoms with Crippen LogP contribution in [0.15, 0.2) is 30.3 Å². The van der Waals surface area contributed by atoms with Crippen LogP contribution >= 0.6 is 0 Å². The molecule has 0 aliphatic heterocycles. The minimum atomic E-state index is 0. The molecule has 3 heteroatoms. The van der Waals surface area contributed by atoms with Crippen LogP contribution in [0.5, 0.6) is 0 Å². The average molecular weight is 132 g/mol. The average Bonchev–Trinajstić information content (AvgIpc) is 1.90. The summed E-state index contributed by atoms with van der Waals surface area (Å²) in [6, 6.07) is 9.60. The topological polar surface area (TPSA) is 38.0 Å². The fourth-order valence-electron chi connectivity index (χ4n) is 0.534. The van der Waals surface area contributed by atoms with Crippen LogP contribution in [-0.4, -0.2) is 29.6 Å². The van der Waals surface area contributed by atoms with Crippen molar-refractivity contribution in [2.45, 2.75) is 0 Å². The third-order valence-electron chi connectivity index (χ3n) is 0.940. The Morgan fingerprint density at radius 2 is 1.67 bits per heavy atom. The third kappa shape index (κ3) is 2.87. The van der Waals surface area contributed by atoms with Gasteiger partial charge < -0.3 is 5.43 Å². The summed E-state index contributed by atoms with van der Waals surface area (Å²) in [5.74, 6) is 5.10. The van der Waals surface area contributed by atoms with E-state index in [9.17, 15) is 0 Å². The number of anilines is 1. The second-order valence-electron chi connectivity index (χ2n) is 1.51. The normalized spacial score (nSPS) is 7.67. The second-order valence-corrected chi connectivity index (χ2v) is 1.51. The minimum absolute atomic E-state index is 0. The first-order valence-corrected chi connectivity index (χ1v) is 2.45. The molecule has 0 radical (unpaired) electrons. The number of benzene rings is 1. The Morgan fingerprint density at radius 1 is 1.11 bits per heavy atom. The van der Waals surface area contributed by atoms with E-state index in [1.165, 1.54) is 0 Å². The summed E-state index contributed by atoms with van der Waals surface area (Å²) in [7, 11) is 0. The first kappa shape index (κ1) is 8.98. The molecule has 0 heterocycles. The standard InChI is InChI=1S/C6H8N2.Na.H/c7-8-6-4-2-1-3-5-6;;/h1-5,8H,7H2;;. The Kier molecular flexibility index (Phi) is 4.81. The summed E-state index contributed by atoms with van der Waals surface area (Å²) in [5.41, 5.74) is 3.46. The van der Waals surface area contributed by atoms with Crippen molar-refractivity contribution in [1.82, 2.24) is 0 Å². The summed E-state index contributed by atoms with van der Waals surface area (Å²) in [5, 5.41) is 0. The number of rotatable bonds is 1. The van der Waals surface area contributed by atoms with Crippen LogP contribution in [0.3, 0.4) is 0 Å². The first-order chi connectivity index (χ1) is 3.93. The van der Waals surface area contributed by atoms with Crippen LogP contribution in [0.4, 0.5) is 5.69 Å². The van der Waals surface area contributed by atoms with E-state index < -0.39 is 0 Å². The molecule has 0 spiro atoms. The Morgan fingerprint density at radius 3 is 2.00 bits per heavy atom. The number of nitrogens with two attached hydrogens (primary N) is 1. The van der Waals surface area contributed by atoms with Crippen LogP contribution < -0.4 is 11.3 Å². The van der Waals surface area contributed by atoms with Crippen molar-refractivity contribution in [3.63, 3.8) is 0 Å². The molecule has 9 heavy (non-hydrogen) atoms. The molecule has 1 aromatic carbocycles. The van der Waals surface area contributed by atoms with Crippen LogP contribution in [0.25, 0.3) is 0 Å². The van der Waals surface area contributed by atoms with Gasteiger partial charge in [-0.15, -0.1) is 0 Å². The predicted molar refractivity (Wildman–Crippen MR) is 41.4 cm³/mol. The van der Waals surface area contributed by atoms with Gasteiger partial charge in [-0.25, -0.2) is 0 Å². The van der Waals surface area contributed by atoms with Crippen LogP contribution in [0, 0.1) is 0 Å². The van der Waals surface area contributed by atoms with Gasteiger partial charge in [0.05, 0.1) is 0 Å². The molecule has 1 rings (SSSR count). The van der Waals surface area contributed by atoms with E-state index in [0.29, 0.717) is 0 Å². The van der Waals surface area contributed by atoms with Gasteiger partial charge in [0.1, 0.15) is 0 Å². The monoisotopic (exact) mass is 132 g/mol. The molecule has 0 aliphatic rings. The van der Waals surface area contributed by atoms with Gasteiger partial charge in [0.2, 0.25) is 0 Å². The van der Waals surface area contributed by atoms with E-state index in [1.54, 1.807) is 0 Å². The van der Waals surface area contributed by atoms with Gasteiger partial charge in [0, 0.05) is 5.69 Å². The predicted octanol–water partition coefficient (Wildman–Crippen LogP) is 0.324. The molecule has 44 valence electrons. The van der Waals surface area contributed by atoms with Crippen LogP contribution in [-0.2, 0) is 0 Å². The number of nitrogen functional groups attached to an aromatic ring is 1. The SMILES string of the molecule is NNc1ccccc1.[NaH]. The molecule has 0 unspecified atom stereocenters. The molecule has 0 atom stereocenters. The van der Waals surface area contributed by atoms with E-state index in [2.05, 4.69) is 5.43 Å². The molecule has 0 saturated carbocycles. The quantitative estimate of drug-likeness (QED) is 0.328. The zero-order valence-corrected chi connectivity index (χ0v) is 4.46. The zero-order valence-electron chi connectivity index (χ0n) is 4.46. The van der Waals surface area contributed by atoms with Crippen molar-refractivity contribution >= 4 is 35.2 Å². The van der Waals surface area contributed by atoms with Crippen LogP contribution in [0.1, 0.15) is 0 Å². The van der Waals surface area contributed by atoms with Gasteiger partial charge >= 0.3 is 29.6 Å². The van der Waals surface area contributed by atoms with Crippen molar-refractivity contribution in [3.05, 3.63) is 30.3 Å². The van der Waals surface area contributed by atoms with Gasteiger partial charge in [-0.3, -0.25) is 5.84 Å². The summed E-state index contributed by atoms with van der Waals surface area (Å²) in [4.78, 5) is 0. The molecule has 0 aliphatic carbocycles. The Labute approximate surface area is 76.7 Å². The number of para-hydroxylation sites is 1. The number of hydrazine groups is 1. The fraction of sp³-hybridized carbons (Fsp3) is 0. The van der Waals surface area contributed by atoms with Gasteiger partial charge in [0.15, 0.2) is 0 Å². The molecule has 1 aromatic rings. The summed E-state index contributed by atoms with van der Waals surface area (Å²) in [6.45, 7) is 0. The zero-order chi connectivity index (χ0) is 5.82. The number of hydrogen-bond acceptors (Lipinski definition) is 2. The number of hydrogen-bond donors (Lipinski definition) is 2. The summed E-state index contributed by atoms with van der Waals surface area (Å²) < 4.78 is 0. The van der Waals surface area contributed by atoms with Gasteiger partial charge in [-0.2, -0.15) is 0 Å². The summed E-state index contributed by atoms with van der Waals surface area (Å²) in [6.07, 6.45) is 0. The molecule has 0 aromatic heterocycles. The second kappa shape index (κ2) is 4.82. The van der Waals surface area contributed by atoms with Crippen molar-refractivity contribution in [2.24, 2.45) is 5.84 Å². The summed E-state index contributed by atoms with van der Waals surface area (Å²) >= 11 is 0. The fourth-order valence-corrected chi connectivity index (χ4v) is 0.534. The van der Waals surface area contributed by atoms with Crippen molar-refractivity contribution in [1.29, 1.82) is 0 Å².